The lowest BCUT2D eigenvalue weighted by Crippen LogP contribution is -2.30. The van der Waals surface area contributed by atoms with E-state index >= 15 is 0 Å². The molecule has 3 aromatic rings. The number of fused-ring (bicyclic) bond motifs is 1. The highest BCUT2D eigenvalue weighted by Gasteiger charge is 2.18. The summed E-state index contributed by atoms with van der Waals surface area (Å²) in [5.74, 6) is 5.86. The molecular formula is C23H26N4O4. The smallest absolute Gasteiger partial charge is 0.269 e. The Labute approximate surface area is 180 Å². The molecule has 1 amide bonds. The van der Waals surface area contributed by atoms with Crippen LogP contribution in [0, 0.1) is 11.8 Å². The van der Waals surface area contributed by atoms with Crippen LogP contribution >= 0.6 is 0 Å². The number of primary amides is 1. The second-order valence-electron chi connectivity index (χ2n) is 7.55. The molecule has 0 saturated heterocycles. The van der Waals surface area contributed by atoms with E-state index in [2.05, 4.69) is 16.9 Å². The molecule has 0 aliphatic heterocycles. The van der Waals surface area contributed by atoms with Crippen LogP contribution in [-0.2, 0) is 0 Å². The first kappa shape index (κ1) is 22.3. The fourth-order valence-corrected chi connectivity index (χ4v) is 3.07. The summed E-state index contributed by atoms with van der Waals surface area (Å²) in [5, 5.41) is 24.6. The first-order valence-electron chi connectivity index (χ1n) is 9.76. The Kier molecular flexibility index (Phi) is 6.61. The largest absolute Gasteiger partial charge is 0.497 e. The Morgan fingerprint density at radius 2 is 2.10 bits per heavy atom. The third-order valence-electron chi connectivity index (χ3n) is 4.91. The summed E-state index contributed by atoms with van der Waals surface area (Å²) in [6.45, 7) is 2.07. The maximum atomic E-state index is 11.9. The van der Waals surface area contributed by atoms with E-state index in [4.69, 9.17) is 15.6 Å². The van der Waals surface area contributed by atoms with Crippen molar-refractivity contribution in [2.75, 3.05) is 27.4 Å². The standard InChI is InChI=1S/C23H26N4O4/c1-23(30,11-12-26(2)15-28)10-9-16-5-4-6-17(13-16)27-20-8-7-18(31-3)14-19(20)21(25-27)22(24)29/h4-8,13-14,28,30H,11-12,15H2,1-3H3,(H2,24,29). The van der Waals surface area contributed by atoms with Gasteiger partial charge in [-0.05, 0) is 56.8 Å². The zero-order chi connectivity index (χ0) is 22.6. The molecule has 1 aromatic heterocycles. The molecule has 1 atom stereocenters. The van der Waals surface area contributed by atoms with Gasteiger partial charge in [-0.15, -0.1) is 0 Å². The number of aliphatic hydroxyl groups is 2. The number of ether oxygens (including phenoxy) is 1. The molecule has 31 heavy (non-hydrogen) atoms. The van der Waals surface area contributed by atoms with Crippen molar-refractivity contribution in [2.45, 2.75) is 18.9 Å². The number of rotatable bonds is 7. The maximum absolute atomic E-state index is 11.9. The number of benzene rings is 2. The molecule has 1 unspecified atom stereocenters. The summed E-state index contributed by atoms with van der Waals surface area (Å²) < 4.78 is 6.88. The molecule has 162 valence electrons. The Balaban J connectivity index is 1.96. The zero-order valence-corrected chi connectivity index (χ0v) is 17.8. The molecule has 4 N–H and O–H groups in total. The average molecular weight is 422 g/mol. The lowest BCUT2D eigenvalue weighted by atomic mass is 10.0. The average Bonchev–Trinajstić information content (AvgIpc) is 3.15. The van der Waals surface area contributed by atoms with E-state index in [1.807, 2.05) is 30.3 Å². The SMILES string of the molecule is COc1ccc2c(c1)c(C(N)=O)nn2-c1cccc(C#CC(C)(O)CCN(C)CO)c1. The van der Waals surface area contributed by atoms with Crippen molar-refractivity contribution in [3.8, 4) is 23.3 Å². The number of aliphatic hydroxyl groups excluding tert-OH is 1. The number of amides is 1. The quantitative estimate of drug-likeness (QED) is 0.393. The van der Waals surface area contributed by atoms with Crippen molar-refractivity contribution < 1.29 is 19.7 Å². The predicted molar refractivity (Wildman–Crippen MR) is 118 cm³/mol. The van der Waals surface area contributed by atoms with E-state index in [-0.39, 0.29) is 12.4 Å². The van der Waals surface area contributed by atoms with Crippen LogP contribution in [0.5, 0.6) is 5.75 Å². The van der Waals surface area contributed by atoms with Gasteiger partial charge in [-0.2, -0.15) is 5.10 Å². The lowest BCUT2D eigenvalue weighted by Gasteiger charge is -2.20. The maximum Gasteiger partial charge on any atom is 0.269 e. The topological polar surface area (TPSA) is 114 Å². The van der Waals surface area contributed by atoms with Gasteiger partial charge in [-0.25, -0.2) is 4.68 Å². The van der Waals surface area contributed by atoms with E-state index < -0.39 is 11.5 Å². The molecule has 0 saturated carbocycles. The van der Waals surface area contributed by atoms with Gasteiger partial charge < -0.3 is 20.7 Å². The predicted octanol–water partition coefficient (Wildman–Crippen LogP) is 1.51. The van der Waals surface area contributed by atoms with E-state index in [1.54, 1.807) is 42.8 Å². The molecule has 1 heterocycles. The van der Waals surface area contributed by atoms with Crippen molar-refractivity contribution in [3.63, 3.8) is 0 Å². The normalized spacial score (nSPS) is 13.0. The monoisotopic (exact) mass is 422 g/mol. The number of nitrogens with zero attached hydrogens (tertiary/aromatic N) is 3. The molecule has 0 radical (unpaired) electrons. The van der Waals surface area contributed by atoms with Crippen LogP contribution in [0.3, 0.4) is 0 Å². The van der Waals surface area contributed by atoms with E-state index in [0.717, 1.165) is 0 Å². The summed E-state index contributed by atoms with van der Waals surface area (Å²) in [6.07, 6.45) is 0.393. The summed E-state index contributed by atoms with van der Waals surface area (Å²) in [5.41, 5.74) is 6.57. The minimum absolute atomic E-state index is 0.0808. The Morgan fingerprint density at radius 3 is 2.77 bits per heavy atom. The highest BCUT2D eigenvalue weighted by atomic mass is 16.5. The molecule has 8 heteroatoms. The second-order valence-corrected chi connectivity index (χ2v) is 7.55. The third-order valence-corrected chi connectivity index (χ3v) is 4.91. The highest BCUT2D eigenvalue weighted by molar-refractivity contribution is 6.04. The molecule has 0 aliphatic rings. The van der Waals surface area contributed by atoms with Crippen molar-refractivity contribution in [1.82, 2.24) is 14.7 Å². The zero-order valence-electron chi connectivity index (χ0n) is 17.8. The van der Waals surface area contributed by atoms with Crippen molar-refractivity contribution in [1.29, 1.82) is 0 Å². The van der Waals surface area contributed by atoms with Crippen LogP contribution in [-0.4, -0.2) is 63.8 Å². The van der Waals surface area contributed by atoms with Crippen LogP contribution in [0.1, 0.15) is 29.4 Å². The van der Waals surface area contributed by atoms with Crippen LogP contribution < -0.4 is 10.5 Å². The summed E-state index contributed by atoms with van der Waals surface area (Å²) in [7, 11) is 3.31. The van der Waals surface area contributed by atoms with Gasteiger partial charge in [0.1, 0.15) is 11.4 Å². The number of carbonyl (C=O) groups is 1. The molecule has 8 nitrogen and oxygen atoms in total. The van der Waals surface area contributed by atoms with Gasteiger partial charge in [0.25, 0.3) is 5.91 Å². The summed E-state index contributed by atoms with van der Waals surface area (Å²) in [4.78, 5) is 13.6. The number of hydrogen-bond acceptors (Lipinski definition) is 6. The van der Waals surface area contributed by atoms with Gasteiger partial charge in [0.15, 0.2) is 5.69 Å². The lowest BCUT2D eigenvalue weighted by molar-refractivity contribution is 0.0748. The first-order chi connectivity index (χ1) is 14.7. The molecule has 0 spiro atoms. The van der Waals surface area contributed by atoms with E-state index in [9.17, 15) is 9.90 Å². The van der Waals surface area contributed by atoms with Gasteiger partial charge in [-0.1, -0.05) is 17.9 Å². The second kappa shape index (κ2) is 9.18. The van der Waals surface area contributed by atoms with Gasteiger partial charge in [0.2, 0.25) is 0 Å². The fourth-order valence-electron chi connectivity index (χ4n) is 3.07. The van der Waals surface area contributed by atoms with E-state index in [0.29, 0.717) is 40.9 Å². The van der Waals surface area contributed by atoms with Crippen molar-refractivity contribution >= 4 is 16.8 Å². The van der Waals surface area contributed by atoms with Crippen molar-refractivity contribution in [3.05, 3.63) is 53.7 Å². The number of carbonyl (C=O) groups excluding carboxylic acids is 1. The Bertz CT molecular complexity index is 1160. The Hall–Kier alpha value is -3.38. The fraction of sp³-hybridized carbons (Fsp3) is 0.304. The van der Waals surface area contributed by atoms with Gasteiger partial charge in [-0.3, -0.25) is 9.69 Å². The van der Waals surface area contributed by atoms with Crippen LogP contribution in [0.25, 0.3) is 16.6 Å². The van der Waals surface area contributed by atoms with Gasteiger partial charge >= 0.3 is 0 Å². The molecule has 0 fully saturated rings. The molecule has 0 bridgehead atoms. The number of hydrogen-bond donors (Lipinski definition) is 3. The summed E-state index contributed by atoms with van der Waals surface area (Å²) in [6, 6.07) is 12.7. The molecule has 2 aromatic carbocycles. The number of methoxy groups -OCH3 is 1. The number of aromatic nitrogens is 2. The molecule has 0 aliphatic carbocycles. The van der Waals surface area contributed by atoms with Gasteiger partial charge in [0, 0.05) is 17.5 Å². The minimum Gasteiger partial charge on any atom is -0.497 e. The summed E-state index contributed by atoms with van der Waals surface area (Å²) >= 11 is 0. The van der Waals surface area contributed by atoms with E-state index in [1.165, 1.54) is 0 Å². The molecule has 3 rings (SSSR count). The van der Waals surface area contributed by atoms with Crippen LogP contribution in [0.2, 0.25) is 0 Å². The van der Waals surface area contributed by atoms with Gasteiger partial charge in [0.05, 0.1) is 25.0 Å². The van der Waals surface area contributed by atoms with Crippen molar-refractivity contribution in [2.24, 2.45) is 5.73 Å². The van der Waals surface area contributed by atoms with Crippen LogP contribution in [0.15, 0.2) is 42.5 Å². The Morgan fingerprint density at radius 1 is 1.32 bits per heavy atom. The third kappa shape index (κ3) is 5.22. The first-order valence-corrected chi connectivity index (χ1v) is 9.76. The number of nitrogens with two attached hydrogens (primary N) is 1. The highest BCUT2D eigenvalue weighted by Crippen LogP contribution is 2.26. The van der Waals surface area contributed by atoms with Crippen LogP contribution in [0.4, 0.5) is 0 Å². The molecular weight excluding hydrogens is 396 g/mol. The minimum atomic E-state index is -1.20.